The topological polar surface area (TPSA) is 90.8 Å². The number of carbonyl (C=O) groups excluding carboxylic acids is 1. The summed E-state index contributed by atoms with van der Waals surface area (Å²) in [4.78, 5) is 16.1. The van der Waals surface area contributed by atoms with Crippen LogP contribution in [0.1, 0.15) is 23.1 Å². The molecule has 102 valence electrons. The van der Waals surface area contributed by atoms with Crippen LogP contribution < -0.4 is 11.1 Å². The molecule has 0 aliphatic carbocycles. The fraction of sp³-hybridized carbons (Fsp3) is 0.417. The lowest BCUT2D eigenvalue weighted by atomic mass is 10.3. The highest BCUT2D eigenvalue weighted by Gasteiger charge is 2.13. The van der Waals surface area contributed by atoms with E-state index in [4.69, 9.17) is 5.73 Å². The van der Waals surface area contributed by atoms with Crippen molar-refractivity contribution in [2.75, 3.05) is 11.9 Å². The molecule has 2 aromatic heterocycles. The fourth-order valence-corrected chi connectivity index (χ4v) is 1.84. The Bertz CT molecular complexity index is 571. The zero-order valence-corrected chi connectivity index (χ0v) is 11.1. The quantitative estimate of drug-likeness (QED) is 0.815. The average Bonchev–Trinajstić information content (AvgIpc) is 2.96. The summed E-state index contributed by atoms with van der Waals surface area (Å²) in [6.07, 6.45) is 5.83. The van der Waals surface area contributed by atoms with Crippen LogP contribution in [0.25, 0.3) is 0 Å². The van der Waals surface area contributed by atoms with Gasteiger partial charge >= 0.3 is 0 Å². The van der Waals surface area contributed by atoms with E-state index in [0.717, 1.165) is 17.8 Å². The molecule has 2 heterocycles. The standard InChI is InChI=1S/C12H18N6O/c1-3-9-10(6-17(2)16-9)15-12(19)11-7-18(5-4-13)8-14-11/h6-8H,3-5,13H2,1-2H3,(H,15,19). The van der Waals surface area contributed by atoms with Crippen molar-refractivity contribution in [1.82, 2.24) is 19.3 Å². The van der Waals surface area contributed by atoms with Gasteiger partial charge in [-0.3, -0.25) is 9.48 Å². The van der Waals surface area contributed by atoms with E-state index in [2.05, 4.69) is 15.4 Å². The van der Waals surface area contributed by atoms with Crippen molar-refractivity contribution in [1.29, 1.82) is 0 Å². The van der Waals surface area contributed by atoms with Gasteiger partial charge in [0.15, 0.2) is 0 Å². The zero-order valence-electron chi connectivity index (χ0n) is 11.1. The lowest BCUT2D eigenvalue weighted by Gasteiger charge is -2.01. The summed E-state index contributed by atoms with van der Waals surface area (Å²) in [5.41, 5.74) is 7.41. The van der Waals surface area contributed by atoms with Crippen molar-refractivity contribution in [2.45, 2.75) is 19.9 Å². The summed E-state index contributed by atoms with van der Waals surface area (Å²) in [6.45, 7) is 3.15. The molecule has 2 aromatic rings. The number of hydrogen-bond donors (Lipinski definition) is 2. The van der Waals surface area contributed by atoms with Crippen LogP contribution in [-0.4, -0.2) is 31.8 Å². The van der Waals surface area contributed by atoms with E-state index < -0.39 is 0 Å². The molecule has 0 bridgehead atoms. The molecule has 0 aromatic carbocycles. The first-order chi connectivity index (χ1) is 9.13. The van der Waals surface area contributed by atoms with E-state index in [-0.39, 0.29) is 5.91 Å². The van der Waals surface area contributed by atoms with Crippen LogP contribution in [0.4, 0.5) is 5.69 Å². The average molecular weight is 262 g/mol. The second-order valence-electron chi connectivity index (χ2n) is 4.26. The summed E-state index contributed by atoms with van der Waals surface area (Å²) in [5.74, 6) is -0.238. The molecule has 0 saturated heterocycles. The third-order valence-electron chi connectivity index (χ3n) is 2.74. The Balaban J connectivity index is 2.11. The van der Waals surface area contributed by atoms with Crippen molar-refractivity contribution in [3.8, 4) is 0 Å². The molecule has 19 heavy (non-hydrogen) atoms. The number of carbonyl (C=O) groups is 1. The van der Waals surface area contributed by atoms with E-state index in [9.17, 15) is 4.79 Å². The molecule has 7 heteroatoms. The molecular formula is C12H18N6O. The largest absolute Gasteiger partial charge is 0.335 e. The number of anilines is 1. The van der Waals surface area contributed by atoms with Crippen LogP contribution in [0.5, 0.6) is 0 Å². The first-order valence-electron chi connectivity index (χ1n) is 6.19. The second kappa shape index (κ2) is 5.66. The van der Waals surface area contributed by atoms with Crippen molar-refractivity contribution in [3.05, 3.63) is 30.1 Å². The minimum absolute atomic E-state index is 0.238. The number of nitrogens with two attached hydrogens (primary N) is 1. The molecule has 3 N–H and O–H groups in total. The van der Waals surface area contributed by atoms with Crippen LogP contribution in [0, 0.1) is 0 Å². The highest BCUT2D eigenvalue weighted by atomic mass is 16.1. The zero-order chi connectivity index (χ0) is 13.8. The van der Waals surface area contributed by atoms with Gasteiger partial charge in [-0.15, -0.1) is 0 Å². The summed E-state index contributed by atoms with van der Waals surface area (Å²) in [5, 5.41) is 7.09. The Kier molecular flexibility index (Phi) is 3.96. The Labute approximate surface area is 111 Å². The fourth-order valence-electron chi connectivity index (χ4n) is 1.84. The van der Waals surface area contributed by atoms with Crippen LogP contribution >= 0.6 is 0 Å². The molecule has 0 spiro atoms. The molecule has 0 aliphatic heterocycles. The van der Waals surface area contributed by atoms with Gasteiger partial charge in [0.25, 0.3) is 5.91 Å². The number of aryl methyl sites for hydroxylation is 2. The van der Waals surface area contributed by atoms with Gasteiger partial charge in [0.05, 0.1) is 17.7 Å². The van der Waals surface area contributed by atoms with Crippen molar-refractivity contribution in [3.63, 3.8) is 0 Å². The molecule has 2 rings (SSSR count). The van der Waals surface area contributed by atoms with Crippen molar-refractivity contribution < 1.29 is 4.79 Å². The maximum atomic E-state index is 12.1. The smallest absolute Gasteiger partial charge is 0.275 e. The molecule has 7 nitrogen and oxygen atoms in total. The minimum atomic E-state index is -0.238. The number of nitrogens with zero attached hydrogens (tertiary/aromatic N) is 4. The maximum absolute atomic E-state index is 12.1. The highest BCUT2D eigenvalue weighted by Crippen LogP contribution is 2.14. The van der Waals surface area contributed by atoms with Gasteiger partial charge in [-0.2, -0.15) is 5.10 Å². The number of hydrogen-bond acceptors (Lipinski definition) is 4. The Hall–Kier alpha value is -2.15. The van der Waals surface area contributed by atoms with Crippen LogP contribution in [-0.2, 0) is 20.0 Å². The first kappa shape index (κ1) is 13.3. The Morgan fingerprint density at radius 1 is 1.47 bits per heavy atom. The number of nitrogens with one attached hydrogen (secondary N) is 1. The van der Waals surface area contributed by atoms with E-state index in [0.29, 0.717) is 18.8 Å². The monoisotopic (exact) mass is 262 g/mol. The SMILES string of the molecule is CCc1nn(C)cc1NC(=O)c1cn(CCN)cn1. The number of imidazole rings is 1. The summed E-state index contributed by atoms with van der Waals surface area (Å²) >= 11 is 0. The highest BCUT2D eigenvalue weighted by molar-refractivity contribution is 6.02. The molecule has 0 atom stereocenters. The number of amides is 1. The maximum Gasteiger partial charge on any atom is 0.275 e. The van der Waals surface area contributed by atoms with E-state index in [1.54, 1.807) is 28.0 Å². The van der Waals surface area contributed by atoms with Gasteiger partial charge in [0.1, 0.15) is 5.69 Å². The van der Waals surface area contributed by atoms with Gasteiger partial charge in [-0.1, -0.05) is 6.92 Å². The van der Waals surface area contributed by atoms with E-state index >= 15 is 0 Å². The van der Waals surface area contributed by atoms with Crippen LogP contribution in [0.2, 0.25) is 0 Å². The molecular weight excluding hydrogens is 244 g/mol. The Morgan fingerprint density at radius 3 is 2.95 bits per heavy atom. The normalized spacial score (nSPS) is 10.7. The van der Waals surface area contributed by atoms with Gasteiger partial charge < -0.3 is 15.6 Å². The number of aromatic nitrogens is 4. The van der Waals surface area contributed by atoms with Crippen LogP contribution in [0.3, 0.4) is 0 Å². The molecule has 0 aliphatic rings. The molecule has 0 fully saturated rings. The molecule has 0 saturated carbocycles. The van der Waals surface area contributed by atoms with E-state index in [1.807, 2.05) is 14.0 Å². The predicted octanol–water partition coefficient (Wildman–Crippen LogP) is 0.390. The lowest BCUT2D eigenvalue weighted by Crippen LogP contribution is -2.13. The summed E-state index contributed by atoms with van der Waals surface area (Å²) in [7, 11) is 1.82. The third-order valence-corrected chi connectivity index (χ3v) is 2.74. The lowest BCUT2D eigenvalue weighted by molar-refractivity contribution is 0.102. The van der Waals surface area contributed by atoms with Crippen LogP contribution in [0.15, 0.2) is 18.7 Å². The summed E-state index contributed by atoms with van der Waals surface area (Å²) in [6, 6.07) is 0. The van der Waals surface area contributed by atoms with Crippen molar-refractivity contribution >= 4 is 11.6 Å². The molecule has 0 radical (unpaired) electrons. The van der Waals surface area contributed by atoms with Gasteiger partial charge in [-0.05, 0) is 6.42 Å². The van der Waals surface area contributed by atoms with E-state index in [1.165, 1.54) is 0 Å². The molecule has 0 unspecified atom stereocenters. The third kappa shape index (κ3) is 3.00. The molecule has 1 amide bonds. The first-order valence-corrected chi connectivity index (χ1v) is 6.19. The minimum Gasteiger partial charge on any atom is -0.335 e. The van der Waals surface area contributed by atoms with Gasteiger partial charge in [0.2, 0.25) is 0 Å². The number of rotatable bonds is 5. The van der Waals surface area contributed by atoms with Crippen molar-refractivity contribution in [2.24, 2.45) is 12.8 Å². The predicted molar refractivity (Wildman–Crippen MR) is 71.8 cm³/mol. The van der Waals surface area contributed by atoms with Gasteiger partial charge in [0, 0.05) is 32.5 Å². The summed E-state index contributed by atoms with van der Waals surface area (Å²) < 4.78 is 3.47. The van der Waals surface area contributed by atoms with Gasteiger partial charge in [-0.25, -0.2) is 4.98 Å². The Morgan fingerprint density at radius 2 is 2.26 bits per heavy atom. The second-order valence-corrected chi connectivity index (χ2v) is 4.26.